The van der Waals surface area contributed by atoms with Crippen molar-refractivity contribution in [3.8, 4) is 0 Å². The van der Waals surface area contributed by atoms with Gasteiger partial charge in [-0.2, -0.15) is 0 Å². The molecule has 7 nitrogen and oxygen atoms in total. The van der Waals surface area contributed by atoms with Gasteiger partial charge in [0.05, 0.1) is 10.6 Å². The summed E-state index contributed by atoms with van der Waals surface area (Å²) in [4.78, 5) is 33.4. The number of nitrogens with zero attached hydrogens (tertiary/aromatic N) is 1. The largest absolute Gasteiger partial charge is 0.452 e. The van der Waals surface area contributed by atoms with Gasteiger partial charge in [-0.05, 0) is 34.1 Å². The molecule has 0 radical (unpaired) electrons. The Morgan fingerprint density at radius 1 is 1.20 bits per heavy atom. The molecule has 1 amide bonds. The zero-order valence-corrected chi connectivity index (χ0v) is 13.9. The van der Waals surface area contributed by atoms with E-state index in [4.69, 9.17) is 0 Å². The van der Waals surface area contributed by atoms with E-state index in [1.54, 1.807) is 0 Å². The van der Waals surface area contributed by atoms with Crippen molar-refractivity contribution in [2.75, 3.05) is 11.9 Å². The second-order valence-corrected chi connectivity index (χ2v) is 5.50. The van der Waals surface area contributed by atoms with Crippen molar-refractivity contribution in [3.05, 3.63) is 68.2 Å². The molecule has 0 bridgehead atoms. The minimum absolute atomic E-state index is 0.189. The predicted octanol–water partition coefficient (Wildman–Crippen LogP) is 3.43. The number of nitro benzene ring substituents is 1. The van der Waals surface area contributed by atoms with Gasteiger partial charge in [-0.3, -0.25) is 14.9 Å². The number of ether oxygens (including phenoxy) is 1. The van der Waals surface area contributed by atoms with E-state index >= 15 is 0 Å². The Bertz CT molecular complexity index is 840. The summed E-state index contributed by atoms with van der Waals surface area (Å²) in [6.07, 6.45) is 0. The van der Waals surface area contributed by atoms with Gasteiger partial charge in [0.2, 0.25) is 0 Å². The van der Waals surface area contributed by atoms with Crippen molar-refractivity contribution in [1.29, 1.82) is 0 Å². The lowest BCUT2D eigenvalue weighted by atomic mass is 10.2. The number of rotatable bonds is 5. The monoisotopic (exact) mass is 414 g/mol. The molecule has 0 aliphatic carbocycles. The van der Waals surface area contributed by atoms with Gasteiger partial charge in [-0.25, -0.2) is 13.6 Å². The average Bonchev–Trinajstić information content (AvgIpc) is 2.54. The first-order valence-corrected chi connectivity index (χ1v) is 7.44. The van der Waals surface area contributed by atoms with Crippen molar-refractivity contribution < 1.29 is 28.0 Å². The normalized spacial score (nSPS) is 10.2. The van der Waals surface area contributed by atoms with Gasteiger partial charge in [-0.15, -0.1) is 0 Å². The van der Waals surface area contributed by atoms with Crippen LogP contribution in [0.2, 0.25) is 0 Å². The van der Waals surface area contributed by atoms with Crippen molar-refractivity contribution in [2.45, 2.75) is 0 Å². The molecule has 0 saturated heterocycles. The number of hydrogen-bond donors (Lipinski definition) is 1. The van der Waals surface area contributed by atoms with Crippen LogP contribution in [0, 0.1) is 21.7 Å². The Morgan fingerprint density at radius 2 is 1.84 bits per heavy atom. The van der Waals surface area contributed by atoms with Crippen molar-refractivity contribution in [3.63, 3.8) is 0 Å². The zero-order chi connectivity index (χ0) is 18.6. The fourth-order valence-corrected chi connectivity index (χ4v) is 2.27. The molecule has 0 unspecified atom stereocenters. The quantitative estimate of drug-likeness (QED) is 0.459. The third-order valence-electron chi connectivity index (χ3n) is 2.94. The highest BCUT2D eigenvalue weighted by molar-refractivity contribution is 9.10. The van der Waals surface area contributed by atoms with Gasteiger partial charge < -0.3 is 10.1 Å². The van der Waals surface area contributed by atoms with Gasteiger partial charge in [-0.1, -0.05) is 6.07 Å². The van der Waals surface area contributed by atoms with E-state index in [0.29, 0.717) is 0 Å². The lowest BCUT2D eigenvalue weighted by Crippen LogP contribution is -2.22. The molecular formula is C15H9BrF2N2O5. The first-order chi connectivity index (χ1) is 11.8. The summed E-state index contributed by atoms with van der Waals surface area (Å²) in [6.45, 7) is -0.796. The number of carbonyl (C=O) groups excluding carboxylic acids is 2. The van der Waals surface area contributed by atoms with Crippen LogP contribution in [0.4, 0.5) is 20.2 Å². The summed E-state index contributed by atoms with van der Waals surface area (Å²) in [6, 6.07) is 6.47. The van der Waals surface area contributed by atoms with Crippen LogP contribution >= 0.6 is 15.9 Å². The van der Waals surface area contributed by atoms with E-state index in [1.807, 2.05) is 0 Å². The average molecular weight is 415 g/mol. The smallest absolute Gasteiger partial charge is 0.344 e. The van der Waals surface area contributed by atoms with Crippen LogP contribution in [0.3, 0.4) is 0 Å². The molecule has 0 aliphatic rings. The molecule has 0 heterocycles. The molecule has 0 aromatic heterocycles. The Labute approximate surface area is 147 Å². The molecule has 130 valence electrons. The molecule has 2 aromatic rings. The summed E-state index contributed by atoms with van der Waals surface area (Å²) >= 11 is 3.05. The van der Waals surface area contributed by atoms with Crippen LogP contribution in [-0.2, 0) is 9.53 Å². The lowest BCUT2D eigenvalue weighted by molar-refractivity contribution is -0.384. The Morgan fingerprint density at radius 3 is 2.40 bits per heavy atom. The molecule has 0 atom stereocenters. The van der Waals surface area contributed by atoms with Crippen LogP contribution in [0.15, 0.2) is 40.9 Å². The van der Waals surface area contributed by atoms with Gasteiger partial charge in [0.15, 0.2) is 6.61 Å². The van der Waals surface area contributed by atoms with Gasteiger partial charge in [0.1, 0.15) is 17.2 Å². The van der Waals surface area contributed by atoms with Gasteiger partial charge in [0.25, 0.3) is 11.6 Å². The highest BCUT2D eigenvalue weighted by Crippen LogP contribution is 2.27. The van der Waals surface area contributed by atoms with Crippen molar-refractivity contribution in [1.82, 2.24) is 0 Å². The van der Waals surface area contributed by atoms with E-state index in [0.717, 1.165) is 18.2 Å². The molecule has 10 heteroatoms. The Balaban J connectivity index is 1.99. The molecule has 2 rings (SSSR count). The number of esters is 1. The number of nitrogens with one attached hydrogen (secondary N) is 1. The zero-order valence-electron chi connectivity index (χ0n) is 12.3. The minimum atomic E-state index is -1.33. The number of hydrogen-bond acceptors (Lipinski definition) is 5. The van der Waals surface area contributed by atoms with E-state index in [2.05, 4.69) is 26.0 Å². The van der Waals surface area contributed by atoms with Crippen molar-refractivity contribution in [2.24, 2.45) is 0 Å². The maximum atomic E-state index is 13.4. The topological polar surface area (TPSA) is 98.5 Å². The highest BCUT2D eigenvalue weighted by Gasteiger charge is 2.20. The SMILES string of the molecule is O=C(COC(=O)c1c(F)cccc1F)Nc1ccc([N+](=O)[O-])cc1Br. The van der Waals surface area contributed by atoms with E-state index in [1.165, 1.54) is 18.2 Å². The van der Waals surface area contributed by atoms with Crippen LogP contribution in [-0.4, -0.2) is 23.4 Å². The first-order valence-electron chi connectivity index (χ1n) is 6.64. The second-order valence-electron chi connectivity index (χ2n) is 4.64. The van der Waals surface area contributed by atoms with Crippen LogP contribution in [0.25, 0.3) is 0 Å². The molecule has 2 aromatic carbocycles. The number of non-ortho nitro benzene ring substituents is 1. The lowest BCUT2D eigenvalue weighted by Gasteiger charge is -2.09. The predicted molar refractivity (Wildman–Crippen MR) is 86.1 cm³/mol. The molecular weight excluding hydrogens is 406 g/mol. The maximum absolute atomic E-state index is 13.4. The second kappa shape index (κ2) is 7.79. The van der Waals surface area contributed by atoms with Gasteiger partial charge >= 0.3 is 5.97 Å². The molecule has 0 saturated carbocycles. The third-order valence-corrected chi connectivity index (χ3v) is 3.59. The first kappa shape index (κ1) is 18.5. The number of anilines is 1. The van der Waals surface area contributed by atoms with Crippen LogP contribution in [0.5, 0.6) is 0 Å². The molecule has 0 aliphatic heterocycles. The number of halogens is 3. The summed E-state index contributed by atoms with van der Waals surface area (Å²) in [7, 11) is 0. The highest BCUT2D eigenvalue weighted by atomic mass is 79.9. The number of nitro groups is 1. The summed E-state index contributed by atoms with van der Waals surface area (Å²) in [5.74, 6) is -4.33. The molecule has 0 spiro atoms. The Kier molecular flexibility index (Phi) is 5.75. The van der Waals surface area contributed by atoms with E-state index in [9.17, 15) is 28.5 Å². The standard InChI is InChI=1S/C15H9BrF2N2O5/c16-9-6-8(20(23)24)4-5-12(9)19-13(21)7-25-15(22)14-10(17)2-1-3-11(14)18/h1-6H,7H2,(H,19,21). The number of benzene rings is 2. The minimum Gasteiger partial charge on any atom is -0.452 e. The third kappa shape index (κ3) is 4.57. The van der Waals surface area contributed by atoms with Crippen LogP contribution in [0.1, 0.15) is 10.4 Å². The van der Waals surface area contributed by atoms with E-state index < -0.39 is 40.6 Å². The van der Waals surface area contributed by atoms with E-state index in [-0.39, 0.29) is 15.8 Å². The van der Waals surface area contributed by atoms with Crippen LogP contribution < -0.4 is 5.32 Å². The maximum Gasteiger partial charge on any atom is 0.344 e. The number of amides is 1. The fraction of sp³-hybridized carbons (Fsp3) is 0.0667. The molecule has 0 fully saturated rings. The van der Waals surface area contributed by atoms with Gasteiger partial charge in [0, 0.05) is 16.6 Å². The fourth-order valence-electron chi connectivity index (χ4n) is 1.80. The summed E-state index contributed by atoms with van der Waals surface area (Å²) < 4.78 is 31.7. The molecule has 1 N–H and O–H groups in total. The summed E-state index contributed by atoms with van der Waals surface area (Å²) in [5, 5.41) is 13.0. The summed E-state index contributed by atoms with van der Waals surface area (Å²) in [5.41, 5.74) is -0.887. The number of carbonyl (C=O) groups is 2. The molecule has 25 heavy (non-hydrogen) atoms. The van der Waals surface area contributed by atoms with Crippen molar-refractivity contribution >= 4 is 39.2 Å². The Hall–Kier alpha value is -2.88.